The number of ether oxygens (including phenoxy) is 1. The fraction of sp³-hybridized carbons (Fsp3) is 0.914. The van der Waals surface area contributed by atoms with Crippen LogP contribution < -0.4 is 0 Å². The highest BCUT2D eigenvalue weighted by Gasteiger charge is 2.59. The maximum atomic E-state index is 12.7. The summed E-state index contributed by atoms with van der Waals surface area (Å²) >= 11 is 0. The van der Waals surface area contributed by atoms with Gasteiger partial charge in [-0.25, -0.2) is 0 Å². The van der Waals surface area contributed by atoms with Gasteiger partial charge in [-0.1, -0.05) is 72.0 Å². The molecule has 4 aliphatic carbocycles. The molecule has 1 aliphatic heterocycles. The molecule has 8 atom stereocenters. The van der Waals surface area contributed by atoms with Crippen LogP contribution in [0.15, 0.2) is 11.6 Å². The summed E-state index contributed by atoms with van der Waals surface area (Å²) in [7, 11) is 0. The monoisotopic (exact) mass is 525 g/mol. The van der Waals surface area contributed by atoms with E-state index in [1.54, 1.807) is 5.57 Å². The van der Waals surface area contributed by atoms with Gasteiger partial charge in [0, 0.05) is 13.0 Å². The number of rotatable bonds is 9. The van der Waals surface area contributed by atoms with Crippen LogP contribution in [0.5, 0.6) is 0 Å². The lowest BCUT2D eigenvalue weighted by atomic mass is 9.47. The molecule has 1 saturated heterocycles. The van der Waals surface area contributed by atoms with Gasteiger partial charge in [-0.2, -0.15) is 0 Å². The van der Waals surface area contributed by atoms with Crippen molar-refractivity contribution in [1.82, 2.24) is 4.90 Å². The Bertz CT molecular complexity index is 843. The first-order valence-corrected chi connectivity index (χ1v) is 16.8. The lowest BCUT2D eigenvalue weighted by molar-refractivity contribution is -0.152. The molecule has 0 aromatic carbocycles. The van der Waals surface area contributed by atoms with Gasteiger partial charge in [-0.05, 0) is 117 Å². The van der Waals surface area contributed by atoms with Crippen molar-refractivity contribution in [1.29, 1.82) is 0 Å². The quantitative estimate of drug-likeness (QED) is 0.222. The topological polar surface area (TPSA) is 29.5 Å². The number of hydrogen-bond acceptors (Lipinski definition) is 3. The second-order valence-electron chi connectivity index (χ2n) is 15.3. The van der Waals surface area contributed by atoms with Gasteiger partial charge in [-0.15, -0.1) is 0 Å². The van der Waals surface area contributed by atoms with Crippen molar-refractivity contribution in [3.8, 4) is 0 Å². The van der Waals surface area contributed by atoms with E-state index in [0.717, 1.165) is 68.0 Å². The van der Waals surface area contributed by atoms with Crippen LogP contribution in [-0.4, -0.2) is 36.6 Å². The number of carbonyl (C=O) groups excluding carboxylic acids is 1. The largest absolute Gasteiger partial charge is 0.462 e. The van der Waals surface area contributed by atoms with Gasteiger partial charge in [0.15, 0.2) is 0 Å². The maximum Gasteiger partial charge on any atom is 0.307 e. The molecule has 0 amide bonds. The molecular weight excluding hydrogens is 466 g/mol. The fourth-order valence-corrected chi connectivity index (χ4v) is 10.4. The molecule has 0 N–H and O–H groups in total. The number of fused-ring (bicyclic) bond motifs is 5. The summed E-state index contributed by atoms with van der Waals surface area (Å²) in [5.74, 6) is 5.31. The van der Waals surface area contributed by atoms with Crippen LogP contribution in [-0.2, 0) is 9.53 Å². The van der Waals surface area contributed by atoms with Gasteiger partial charge in [0.1, 0.15) is 6.10 Å². The van der Waals surface area contributed by atoms with Crippen LogP contribution in [0.2, 0.25) is 0 Å². The van der Waals surface area contributed by atoms with E-state index in [1.807, 2.05) is 0 Å². The molecule has 0 radical (unpaired) electrons. The van der Waals surface area contributed by atoms with Gasteiger partial charge in [-0.3, -0.25) is 4.79 Å². The summed E-state index contributed by atoms with van der Waals surface area (Å²) in [6.45, 7) is 15.8. The average molecular weight is 526 g/mol. The predicted molar refractivity (Wildman–Crippen MR) is 158 cm³/mol. The first kappa shape index (κ1) is 28.7. The second-order valence-corrected chi connectivity index (χ2v) is 15.3. The summed E-state index contributed by atoms with van der Waals surface area (Å²) in [4.78, 5) is 15.1. The molecular formula is C35H59NO2. The van der Waals surface area contributed by atoms with Crippen LogP contribution in [0.1, 0.15) is 131 Å². The Kier molecular flexibility index (Phi) is 9.03. The van der Waals surface area contributed by atoms with E-state index in [-0.39, 0.29) is 12.1 Å². The van der Waals surface area contributed by atoms with E-state index in [2.05, 4.69) is 45.6 Å². The number of nitrogens with zero attached hydrogens (tertiary/aromatic N) is 1. The number of allylic oxidation sites excluding steroid dienone is 1. The van der Waals surface area contributed by atoms with Gasteiger partial charge in [0.25, 0.3) is 0 Å². The molecule has 0 spiro atoms. The molecule has 3 nitrogen and oxygen atoms in total. The first-order valence-electron chi connectivity index (χ1n) is 16.8. The summed E-state index contributed by atoms with van der Waals surface area (Å²) in [5, 5.41) is 0. The summed E-state index contributed by atoms with van der Waals surface area (Å²) in [6, 6.07) is 0. The number of carbonyl (C=O) groups is 1. The molecule has 0 aromatic heterocycles. The van der Waals surface area contributed by atoms with E-state index < -0.39 is 0 Å². The van der Waals surface area contributed by atoms with Crippen LogP contribution in [0.3, 0.4) is 0 Å². The van der Waals surface area contributed by atoms with E-state index >= 15 is 0 Å². The first-order chi connectivity index (χ1) is 18.2. The van der Waals surface area contributed by atoms with Crippen LogP contribution in [0.4, 0.5) is 0 Å². The summed E-state index contributed by atoms with van der Waals surface area (Å²) < 4.78 is 6.08. The predicted octanol–water partition coefficient (Wildman–Crippen LogP) is 8.82. The molecule has 0 bridgehead atoms. The van der Waals surface area contributed by atoms with Crippen LogP contribution >= 0.6 is 0 Å². The zero-order valence-electron chi connectivity index (χ0n) is 25.6. The minimum Gasteiger partial charge on any atom is -0.462 e. The number of piperidine rings is 1. The minimum absolute atomic E-state index is 0.0337. The van der Waals surface area contributed by atoms with Crippen molar-refractivity contribution in [2.75, 3.05) is 19.6 Å². The van der Waals surface area contributed by atoms with Crippen molar-refractivity contribution in [2.24, 2.45) is 46.3 Å². The van der Waals surface area contributed by atoms with E-state index in [1.165, 1.54) is 77.0 Å². The zero-order valence-corrected chi connectivity index (χ0v) is 25.6. The molecule has 4 fully saturated rings. The summed E-state index contributed by atoms with van der Waals surface area (Å²) in [5.41, 5.74) is 2.53. The third-order valence-corrected chi connectivity index (χ3v) is 12.6. The highest BCUT2D eigenvalue weighted by Crippen LogP contribution is 2.67. The number of esters is 1. The molecule has 1 heterocycles. The highest BCUT2D eigenvalue weighted by atomic mass is 16.5. The molecule has 0 aromatic rings. The molecule has 5 rings (SSSR count). The van der Waals surface area contributed by atoms with E-state index in [9.17, 15) is 4.79 Å². The SMILES string of the molecule is CC(C)CCC[C@H](C)[C@H]1CC[C@H]2[C@@H]3CC=C4C[C@@H](OC(=O)CCN5CCCCC5)CC[C@]4(C)[C@H]3CC[C@]12C. The van der Waals surface area contributed by atoms with Crippen LogP contribution in [0.25, 0.3) is 0 Å². The van der Waals surface area contributed by atoms with Gasteiger partial charge < -0.3 is 9.64 Å². The van der Waals surface area contributed by atoms with Crippen molar-refractivity contribution in [2.45, 2.75) is 137 Å². The average Bonchev–Trinajstić information content (AvgIpc) is 3.25. The van der Waals surface area contributed by atoms with E-state index in [0.29, 0.717) is 17.3 Å². The Morgan fingerprint density at radius 3 is 2.55 bits per heavy atom. The molecule has 216 valence electrons. The van der Waals surface area contributed by atoms with Gasteiger partial charge >= 0.3 is 5.97 Å². The standard InChI is InChI=1S/C35H59NO2/c1-25(2)10-9-11-26(3)30-14-15-31-29-13-12-27-24-28(38-33(37)18-23-36-21-7-6-8-22-36)16-19-34(27,4)32(29)17-20-35(30,31)5/h12,25-26,28-32H,6-11,13-24H2,1-5H3/t26-,28-,29-,30+,31-,32-,34-,35+/m0/s1. The normalized spacial score (nSPS) is 40.2. The molecule has 3 saturated carbocycles. The van der Waals surface area contributed by atoms with Crippen LogP contribution in [0, 0.1) is 46.3 Å². The molecule has 0 unspecified atom stereocenters. The Balaban J connectivity index is 1.17. The van der Waals surface area contributed by atoms with Crippen molar-refractivity contribution >= 4 is 5.97 Å². The molecule has 5 aliphatic rings. The third kappa shape index (κ3) is 5.80. The third-order valence-electron chi connectivity index (χ3n) is 12.6. The minimum atomic E-state index is 0.0337. The Morgan fingerprint density at radius 2 is 1.79 bits per heavy atom. The van der Waals surface area contributed by atoms with Gasteiger partial charge in [0.2, 0.25) is 0 Å². The van der Waals surface area contributed by atoms with Crippen molar-refractivity contribution in [3.63, 3.8) is 0 Å². The fourth-order valence-electron chi connectivity index (χ4n) is 10.4. The van der Waals surface area contributed by atoms with E-state index in [4.69, 9.17) is 4.74 Å². The Morgan fingerprint density at radius 1 is 1.00 bits per heavy atom. The Labute approximate surface area is 234 Å². The van der Waals surface area contributed by atoms with Crippen molar-refractivity contribution < 1.29 is 9.53 Å². The number of hydrogen-bond donors (Lipinski definition) is 0. The lowest BCUT2D eigenvalue weighted by Crippen LogP contribution is -2.51. The maximum absolute atomic E-state index is 12.7. The molecule has 3 heteroatoms. The lowest BCUT2D eigenvalue weighted by Gasteiger charge is -2.58. The Hall–Kier alpha value is -0.830. The van der Waals surface area contributed by atoms with Gasteiger partial charge in [0.05, 0.1) is 6.42 Å². The molecule has 38 heavy (non-hydrogen) atoms. The second kappa shape index (κ2) is 12.0. The smallest absolute Gasteiger partial charge is 0.307 e. The van der Waals surface area contributed by atoms with Crippen molar-refractivity contribution in [3.05, 3.63) is 11.6 Å². The zero-order chi connectivity index (χ0) is 26.9. The number of likely N-dealkylation sites (tertiary alicyclic amines) is 1. The highest BCUT2D eigenvalue weighted by molar-refractivity contribution is 5.69. The summed E-state index contributed by atoms with van der Waals surface area (Å²) in [6.07, 6.45) is 21.8.